The molecule has 0 radical (unpaired) electrons. The molecule has 0 N–H and O–H groups in total. The van der Waals surface area contributed by atoms with Gasteiger partial charge < -0.3 is 14.4 Å². The van der Waals surface area contributed by atoms with E-state index in [1.807, 2.05) is 37.3 Å². The molecule has 0 aromatic heterocycles. The summed E-state index contributed by atoms with van der Waals surface area (Å²) in [6.45, 7) is 10.3. The highest BCUT2D eigenvalue weighted by molar-refractivity contribution is 6.33. The quantitative estimate of drug-likeness (QED) is 0.351. The van der Waals surface area contributed by atoms with Gasteiger partial charge in [0.1, 0.15) is 6.61 Å². The first-order chi connectivity index (χ1) is 11.1. The smallest absolute Gasteiger partial charge is 0.331 e. The lowest BCUT2D eigenvalue weighted by atomic mass is 9.95. The van der Waals surface area contributed by atoms with E-state index in [4.69, 9.17) is 21.1 Å². The van der Waals surface area contributed by atoms with Crippen LogP contribution in [0.4, 0.5) is 0 Å². The van der Waals surface area contributed by atoms with Gasteiger partial charge in [0.2, 0.25) is 0 Å². The molecule has 0 amide bonds. The third-order valence-corrected chi connectivity index (χ3v) is 4.59. The van der Waals surface area contributed by atoms with Crippen LogP contribution in [-0.4, -0.2) is 50.3 Å². The van der Waals surface area contributed by atoms with Gasteiger partial charge >= 0.3 is 5.97 Å². The highest BCUT2D eigenvalue weighted by Gasteiger charge is 2.37. The maximum atomic E-state index is 12.3. The van der Waals surface area contributed by atoms with Gasteiger partial charge in [-0.2, -0.15) is 0 Å². The highest BCUT2D eigenvalue weighted by Crippen LogP contribution is 2.33. The van der Waals surface area contributed by atoms with E-state index in [-0.39, 0.29) is 6.61 Å². The van der Waals surface area contributed by atoms with Crippen molar-refractivity contribution in [2.75, 3.05) is 39.5 Å². The second-order valence-electron chi connectivity index (χ2n) is 5.30. The second kappa shape index (κ2) is 10.6. The van der Waals surface area contributed by atoms with Crippen LogP contribution in [0.15, 0.2) is 30.3 Å². The number of hydrogen-bond donors (Lipinski definition) is 0. The van der Waals surface area contributed by atoms with Gasteiger partial charge in [-0.1, -0.05) is 51.1 Å². The Hall–Kier alpha value is -1.10. The first-order valence-electron chi connectivity index (χ1n) is 8.30. The second-order valence-corrected chi connectivity index (χ2v) is 5.94. The van der Waals surface area contributed by atoms with Gasteiger partial charge in [-0.05, 0) is 25.1 Å². The Morgan fingerprint density at radius 3 is 2.30 bits per heavy atom. The predicted molar refractivity (Wildman–Crippen MR) is 93.8 cm³/mol. The van der Waals surface area contributed by atoms with Crippen LogP contribution in [0.25, 0.3) is 0 Å². The molecular weight excluding hydrogens is 314 g/mol. The fourth-order valence-electron chi connectivity index (χ4n) is 2.31. The van der Waals surface area contributed by atoms with Crippen molar-refractivity contribution >= 4 is 17.6 Å². The zero-order chi connectivity index (χ0) is 17.1. The van der Waals surface area contributed by atoms with Gasteiger partial charge in [-0.3, -0.25) is 0 Å². The summed E-state index contributed by atoms with van der Waals surface area (Å²) < 4.78 is 10.8. The molecule has 1 atom stereocenters. The largest absolute Gasteiger partial charge is 0.462 e. The van der Waals surface area contributed by atoms with Gasteiger partial charge in [0.15, 0.2) is 4.87 Å². The van der Waals surface area contributed by atoms with Crippen molar-refractivity contribution in [2.45, 2.75) is 32.1 Å². The SMILES string of the molecule is CCN(CC)CCOCCOC(=O)C(Cl)(CC)c1ccccc1. The summed E-state index contributed by atoms with van der Waals surface area (Å²) in [5, 5.41) is 0. The molecular formula is C18H28ClNO3. The Kier molecular flexibility index (Phi) is 9.22. The number of rotatable bonds is 11. The standard InChI is InChI=1S/C18H28ClNO3/c1-4-18(19,16-10-8-7-9-11-16)17(21)23-15-14-22-13-12-20(5-2)6-3/h7-11H,4-6,12-15H2,1-3H3. The zero-order valence-corrected chi connectivity index (χ0v) is 15.1. The first-order valence-corrected chi connectivity index (χ1v) is 8.68. The number of carbonyl (C=O) groups excluding carboxylic acids is 1. The third-order valence-electron chi connectivity index (χ3n) is 3.95. The molecule has 0 aliphatic heterocycles. The van der Waals surface area contributed by atoms with Gasteiger partial charge in [0, 0.05) is 6.54 Å². The van der Waals surface area contributed by atoms with E-state index in [1.165, 1.54) is 0 Å². The molecule has 0 aliphatic carbocycles. The Morgan fingerprint density at radius 2 is 1.74 bits per heavy atom. The van der Waals surface area contributed by atoms with Crippen molar-refractivity contribution in [2.24, 2.45) is 0 Å². The molecule has 1 unspecified atom stereocenters. The summed E-state index contributed by atoms with van der Waals surface area (Å²) >= 11 is 6.50. The molecule has 0 fully saturated rings. The molecule has 1 aromatic rings. The summed E-state index contributed by atoms with van der Waals surface area (Å²) in [4.78, 5) is 13.5. The van der Waals surface area contributed by atoms with Crippen molar-refractivity contribution in [3.63, 3.8) is 0 Å². The topological polar surface area (TPSA) is 38.8 Å². The molecule has 1 rings (SSSR count). The van der Waals surface area contributed by atoms with Gasteiger partial charge in [0.05, 0.1) is 13.2 Å². The molecule has 0 heterocycles. The normalized spacial score (nSPS) is 13.8. The number of hydrogen-bond acceptors (Lipinski definition) is 4. The maximum Gasteiger partial charge on any atom is 0.331 e. The van der Waals surface area contributed by atoms with E-state index in [0.29, 0.717) is 19.6 Å². The average molecular weight is 342 g/mol. The van der Waals surface area contributed by atoms with Crippen LogP contribution in [0.2, 0.25) is 0 Å². The number of nitrogens with zero attached hydrogens (tertiary/aromatic N) is 1. The lowest BCUT2D eigenvalue weighted by Crippen LogP contribution is -2.32. The monoisotopic (exact) mass is 341 g/mol. The van der Waals surface area contributed by atoms with Crippen LogP contribution in [0.5, 0.6) is 0 Å². The van der Waals surface area contributed by atoms with E-state index in [0.717, 1.165) is 25.2 Å². The van der Waals surface area contributed by atoms with E-state index >= 15 is 0 Å². The van der Waals surface area contributed by atoms with Crippen molar-refractivity contribution < 1.29 is 14.3 Å². The van der Waals surface area contributed by atoms with Crippen LogP contribution in [-0.2, 0) is 19.1 Å². The van der Waals surface area contributed by atoms with Crippen molar-refractivity contribution in [1.82, 2.24) is 4.90 Å². The van der Waals surface area contributed by atoms with Crippen LogP contribution in [0.3, 0.4) is 0 Å². The Labute approximate surface area is 144 Å². The molecule has 0 spiro atoms. The van der Waals surface area contributed by atoms with Crippen molar-refractivity contribution in [3.05, 3.63) is 35.9 Å². The summed E-state index contributed by atoms with van der Waals surface area (Å²) in [5.41, 5.74) is 0.761. The van der Waals surface area contributed by atoms with Crippen molar-refractivity contribution in [1.29, 1.82) is 0 Å². The lowest BCUT2D eigenvalue weighted by Gasteiger charge is -2.24. The molecule has 4 nitrogen and oxygen atoms in total. The molecule has 0 saturated heterocycles. The number of ether oxygens (including phenoxy) is 2. The number of likely N-dealkylation sites (N-methyl/N-ethyl adjacent to an activating group) is 1. The minimum atomic E-state index is -1.12. The molecule has 5 heteroatoms. The van der Waals surface area contributed by atoms with E-state index in [2.05, 4.69) is 18.7 Å². The minimum Gasteiger partial charge on any atom is -0.462 e. The van der Waals surface area contributed by atoms with E-state index in [1.54, 1.807) is 0 Å². The van der Waals surface area contributed by atoms with Gasteiger partial charge in [-0.15, -0.1) is 11.6 Å². The summed E-state index contributed by atoms with van der Waals surface area (Å²) in [7, 11) is 0. The fraction of sp³-hybridized carbons (Fsp3) is 0.611. The number of esters is 1. The van der Waals surface area contributed by atoms with E-state index < -0.39 is 10.8 Å². The predicted octanol–water partition coefficient (Wildman–Crippen LogP) is 3.43. The maximum absolute atomic E-state index is 12.3. The Balaban J connectivity index is 2.35. The third kappa shape index (κ3) is 6.13. The molecule has 23 heavy (non-hydrogen) atoms. The molecule has 0 saturated carbocycles. The summed E-state index contributed by atoms with van der Waals surface area (Å²) in [5.74, 6) is -0.416. The summed E-state index contributed by atoms with van der Waals surface area (Å²) in [6.07, 6.45) is 0.472. The number of halogens is 1. The lowest BCUT2D eigenvalue weighted by molar-refractivity contribution is -0.149. The summed E-state index contributed by atoms with van der Waals surface area (Å²) in [6, 6.07) is 9.32. The van der Waals surface area contributed by atoms with Gasteiger partial charge in [-0.25, -0.2) is 4.79 Å². The highest BCUT2D eigenvalue weighted by atomic mass is 35.5. The van der Waals surface area contributed by atoms with Gasteiger partial charge in [0.25, 0.3) is 0 Å². The Bertz CT molecular complexity index is 451. The Morgan fingerprint density at radius 1 is 1.09 bits per heavy atom. The van der Waals surface area contributed by atoms with Crippen molar-refractivity contribution in [3.8, 4) is 0 Å². The fourth-order valence-corrected chi connectivity index (χ4v) is 2.49. The molecule has 1 aromatic carbocycles. The van der Waals surface area contributed by atoms with Crippen LogP contribution >= 0.6 is 11.6 Å². The molecule has 130 valence electrons. The zero-order valence-electron chi connectivity index (χ0n) is 14.4. The number of carbonyl (C=O) groups is 1. The van der Waals surface area contributed by atoms with Crippen LogP contribution in [0.1, 0.15) is 32.8 Å². The average Bonchev–Trinajstić information content (AvgIpc) is 2.61. The van der Waals surface area contributed by atoms with Crippen LogP contribution in [0, 0.1) is 0 Å². The molecule has 0 aliphatic rings. The number of benzene rings is 1. The number of alkyl halides is 1. The molecule has 0 bridgehead atoms. The first kappa shape index (κ1) is 19.9. The minimum absolute atomic E-state index is 0.221. The van der Waals surface area contributed by atoms with E-state index in [9.17, 15) is 4.79 Å². The van der Waals surface area contributed by atoms with Crippen LogP contribution < -0.4 is 0 Å².